The molecule has 8 heteroatoms. The van der Waals surface area contributed by atoms with Gasteiger partial charge >= 0.3 is 0 Å². The molecule has 3 atom stereocenters. The minimum Gasteiger partial charge on any atom is -0.486 e. The second-order valence-electron chi connectivity index (χ2n) is 8.37. The fourth-order valence-corrected chi connectivity index (χ4v) is 5.13. The van der Waals surface area contributed by atoms with Crippen LogP contribution in [0.4, 0.5) is 5.69 Å². The van der Waals surface area contributed by atoms with Crippen LogP contribution in [0.3, 0.4) is 0 Å². The molecule has 0 aliphatic carbocycles. The van der Waals surface area contributed by atoms with E-state index in [1.165, 1.54) is 12.8 Å². The molecule has 2 amide bonds. The number of anilines is 1. The molecular weight excluding hydrogens is 394 g/mol. The van der Waals surface area contributed by atoms with Gasteiger partial charge in [0.25, 0.3) is 0 Å². The van der Waals surface area contributed by atoms with E-state index in [1.807, 2.05) is 30.1 Å². The number of nitrogens with zero attached hydrogens (tertiary/aromatic N) is 2. The summed E-state index contributed by atoms with van der Waals surface area (Å²) in [4.78, 5) is 29.7. The zero-order valence-electron chi connectivity index (χ0n) is 16.6. The maximum absolute atomic E-state index is 13.1. The number of ether oxygens (including phenoxy) is 2. The Morgan fingerprint density at radius 2 is 1.79 bits per heavy atom. The highest BCUT2D eigenvalue weighted by Crippen LogP contribution is 2.37. The van der Waals surface area contributed by atoms with Crippen molar-refractivity contribution in [2.24, 2.45) is 5.92 Å². The van der Waals surface area contributed by atoms with Gasteiger partial charge in [-0.25, -0.2) is 0 Å². The summed E-state index contributed by atoms with van der Waals surface area (Å²) in [6, 6.07) is 6.82. The normalized spacial score (nSPS) is 30.1. The zero-order chi connectivity index (χ0) is 19.3. The number of halogens is 1. The van der Waals surface area contributed by atoms with Crippen molar-refractivity contribution >= 4 is 29.9 Å². The van der Waals surface area contributed by atoms with Crippen molar-refractivity contribution < 1.29 is 19.1 Å². The summed E-state index contributed by atoms with van der Waals surface area (Å²) >= 11 is 0. The molecule has 158 valence electrons. The van der Waals surface area contributed by atoms with Crippen LogP contribution in [0.25, 0.3) is 0 Å². The van der Waals surface area contributed by atoms with Crippen molar-refractivity contribution in [2.75, 3.05) is 31.7 Å². The summed E-state index contributed by atoms with van der Waals surface area (Å²) in [5.41, 5.74) is 0.770. The summed E-state index contributed by atoms with van der Waals surface area (Å²) in [6.45, 7) is 1.60. The zero-order valence-corrected chi connectivity index (χ0v) is 17.5. The maximum atomic E-state index is 13.1. The highest BCUT2D eigenvalue weighted by atomic mass is 35.5. The Labute approximate surface area is 177 Å². The lowest BCUT2D eigenvalue weighted by atomic mass is 9.96. The highest BCUT2D eigenvalue weighted by molar-refractivity contribution is 6.09. The van der Waals surface area contributed by atoms with Crippen LogP contribution in [-0.4, -0.2) is 61.6 Å². The van der Waals surface area contributed by atoms with E-state index in [0.717, 1.165) is 18.5 Å². The summed E-state index contributed by atoms with van der Waals surface area (Å²) in [6.07, 6.45) is 4.94. The summed E-state index contributed by atoms with van der Waals surface area (Å²) in [5.74, 6) is 0.649. The second-order valence-corrected chi connectivity index (χ2v) is 8.37. The Morgan fingerprint density at radius 3 is 2.52 bits per heavy atom. The molecule has 0 radical (unpaired) electrons. The summed E-state index contributed by atoms with van der Waals surface area (Å²) in [5, 5.41) is 3.61. The maximum Gasteiger partial charge on any atom is 0.239 e. The largest absolute Gasteiger partial charge is 0.486 e. The lowest BCUT2D eigenvalue weighted by Crippen LogP contribution is -2.50. The summed E-state index contributed by atoms with van der Waals surface area (Å²) < 4.78 is 11.2. The van der Waals surface area contributed by atoms with Crippen molar-refractivity contribution in [3.05, 3.63) is 18.2 Å². The first-order chi connectivity index (χ1) is 13.6. The van der Waals surface area contributed by atoms with Gasteiger partial charge in [0, 0.05) is 43.5 Å². The molecule has 5 rings (SSSR count). The van der Waals surface area contributed by atoms with Crippen molar-refractivity contribution in [3.8, 4) is 11.5 Å². The average molecular weight is 422 g/mol. The molecule has 3 unspecified atom stereocenters. The molecule has 0 saturated carbocycles. The van der Waals surface area contributed by atoms with Crippen LogP contribution in [-0.2, 0) is 9.59 Å². The number of hydrogen-bond donors (Lipinski definition) is 1. The third kappa shape index (κ3) is 3.66. The van der Waals surface area contributed by atoms with Crippen LogP contribution >= 0.6 is 12.4 Å². The second kappa shape index (κ2) is 8.03. The fraction of sp³-hybridized carbons (Fsp3) is 0.619. The predicted octanol–water partition coefficient (Wildman–Crippen LogP) is 1.97. The number of fused-ring (bicyclic) bond motifs is 3. The van der Waals surface area contributed by atoms with Crippen molar-refractivity contribution in [1.29, 1.82) is 0 Å². The quantitative estimate of drug-likeness (QED) is 0.755. The highest BCUT2D eigenvalue weighted by Gasteiger charge is 2.43. The number of rotatable bonds is 3. The first kappa shape index (κ1) is 20.3. The number of amides is 2. The SMILES string of the molecule is CN(C(=O)C1CCN(c2ccc3c(c2)OCCO3)C1=O)C1CC2CCC(C1)N2.Cl. The third-order valence-electron chi connectivity index (χ3n) is 6.68. The predicted molar refractivity (Wildman–Crippen MR) is 111 cm³/mol. The topological polar surface area (TPSA) is 71.1 Å². The Hall–Kier alpha value is -1.99. The van der Waals surface area contributed by atoms with Crippen molar-refractivity contribution in [1.82, 2.24) is 10.2 Å². The van der Waals surface area contributed by atoms with E-state index in [0.29, 0.717) is 49.8 Å². The van der Waals surface area contributed by atoms with E-state index in [-0.39, 0.29) is 30.3 Å². The smallest absolute Gasteiger partial charge is 0.239 e. The van der Waals surface area contributed by atoms with Gasteiger partial charge in [-0.3, -0.25) is 9.59 Å². The molecule has 3 saturated heterocycles. The number of carbonyl (C=O) groups is 2. The molecule has 4 heterocycles. The van der Waals surface area contributed by atoms with Crippen LogP contribution < -0.4 is 19.7 Å². The summed E-state index contributed by atoms with van der Waals surface area (Å²) in [7, 11) is 1.87. The monoisotopic (exact) mass is 421 g/mol. The number of nitrogens with one attached hydrogen (secondary N) is 1. The number of benzene rings is 1. The van der Waals surface area contributed by atoms with Gasteiger partial charge in [0.15, 0.2) is 11.5 Å². The lowest BCUT2D eigenvalue weighted by molar-refractivity contribution is -0.141. The molecule has 0 spiro atoms. The Kier molecular flexibility index (Phi) is 5.62. The van der Waals surface area contributed by atoms with Crippen LogP contribution in [0, 0.1) is 5.92 Å². The van der Waals surface area contributed by atoms with E-state index in [1.54, 1.807) is 4.90 Å². The fourth-order valence-electron chi connectivity index (χ4n) is 5.13. The van der Waals surface area contributed by atoms with E-state index >= 15 is 0 Å². The van der Waals surface area contributed by atoms with Gasteiger partial charge in [0.2, 0.25) is 11.8 Å². The van der Waals surface area contributed by atoms with Crippen LogP contribution in [0.1, 0.15) is 32.1 Å². The van der Waals surface area contributed by atoms with Gasteiger partial charge in [0.05, 0.1) is 0 Å². The average Bonchev–Trinajstić information content (AvgIpc) is 3.27. The number of piperidine rings is 1. The van der Waals surface area contributed by atoms with E-state index in [4.69, 9.17) is 9.47 Å². The standard InChI is InChI=1S/C21H27N3O4.ClH/c1-23(16-10-13-2-3-14(11-16)22-13)20(25)17-6-7-24(21(17)26)15-4-5-18-19(12-15)28-9-8-27-18;/h4-5,12-14,16-17,22H,2-3,6-11H2,1H3;1H. The molecular formula is C21H28ClN3O4. The van der Waals surface area contributed by atoms with Crippen molar-refractivity contribution in [3.63, 3.8) is 0 Å². The minimum absolute atomic E-state index is 0. The lowest BCUT2D eigenvalue weighted by Gasteiger charge is -2.36. The van der Waals surface area contributed by atoms with Crippen molar-refractivity contribution in [2.45, 2.75) is 50.2 Å². The van der Waals surface area contributed by atoms with Gasteiger partial charge in [-0.2, -0.15) is 0 Å². The molecule has 2 bridgehead atoms. The first-order valence-corrected chi connectivity index (χ1v) is 10.3. The molecule has 29 heavy (non-hydrogen) atoms. The molecule has 4 aliphatic rings. The van der Waals surface area contributed by atoms with Crippen LogP contribution in [0.15, 0.2) is 18.2 Å². The van der Waals surface area contributed by atoms with E-state index < -0.39 is 5.92 Å². The molecule has 7 nitrogen and oxygen atoms in total. The molecule has 1 aromatic rings. The molecule has 0 aromatic heterocycles. The van der Waals surface area contributed by atoms with Gasteiger partial charge in [-0.05, 0) is 44.2 Å². The molecule has 4 aliphatic heterocycles. The van der Waals surface area contributed by atoms with Gasteiger partial charge in [-0.15, -0.1) is 12.4 Å². The minimum atomic E-state index is -0.578. The molecule has 1 aromatic carbocycles. The Morgan fingerprint density at radius 1 is 1.10 bits per heavy atom. The Balaban J connectivity index is 0.00000205. The molecule has 1 N–H and O–H groups in total. The number of hydrogen-bond acceptors (Lipinski definition) is 5. The van der Waals surface area contributed by atoms with Crippen LogP contribution in [0.2, 0.25) is 0 Å². The van der Waals surface area contributed by atoms with Gasteiger partial charge in [-0.1, -0.05) is 0 Å². The molecule has 3 fully saturated rings. The number of carbonyl (C=O) groups excluding carboxylic acids is 2. The van der Waals surface area contributed by atoms with Gasteiger partial charge in [0.1, 0.15) is 19.1 Å². The van der Waals surface area contributed by atoms with E-state index in [2.05, 4.69) is 5.32 Å². The first-order valence-electron chi connectivity index (χ1n) is 10.3. The van der Waals surface area contributed by atoms with E-state index in [9.17, 15) is 9.59 Å². The third-order valence-corrected chi connectivity index (χ3v) is 6.68. The Bertz CT molecular complexity index is 792. The van der Waals surface area contributed by atoms with Gasteiger partial charge < -0.3 is 24.6 Å². The van der Waals surface area contributed by atoms with Crippen LogP contribution in [0.5, 0.6) is 11.5 Å².